The number of thioether (sulfide) groups is 1. The van der Waals surface area contributed by atoms with E-state index in [1.807, 2.05) is 24.3 Å². The van der Waals surface area contributed by atoms with Crippen LogP contribution in [0.1, 0.15) is 36.5 Å². The molecule has 106 valence electrons. The van der Waals surface area contributed by atoms with Crippen molar-refractivity contribution in [2.24, 2.45) is 5.92 Å². The molecule has 1 aliphatic rings. The monoisotopic (exact) mass is 313 g/mol. The first-order valence-corrected chi connectivity index (χ1v) is 8.39. The van der Waals surface area contributed by atoms with Crippen LogP contribution < -0.4 is 0 Å². The molecule has 0 saturated heterocycles. The van der Waals surface area contributed by atoms with Gasteiger partial charge in [0.05, 0.1) is 11.6 Å². The zero-order valence-electron chi connectivity index (χ0n) is 12.1. The fourth-order valence-electron chi connectivity index (χ4n) is 3.05. The number of halogens is 1. The molecule has 0 N–H and O–H groups in total. The van der Waals surface area contributed by atoms with Gasteiger partial charge in [0.25, 0.3) is 0 Å². The van der Waals surface area contributed by atoms with E-state index in [0.29, 0.717) is 17.5 Å². The molecule has 0 amide bonds. The van der Waals surface area contributed by atoms with Gasteiger partial charge < -0.3 is 0 Å². The van der Waals surface area contributed by atoms with Crippen LogP contribution >= 0.6 is 23.4 Å². The minimum atomic E-state index is 0.337. The fourth-order valence-corrected chi connectivity index (χ4v) is 4.51. The smallest absolute Gasteiger partial charge is 0.187 e. The highest BCUT2D eigenvalue weighted by molar-refractivity contribution is 7.98. The van der Waals surface area contributed by atoms with E-state index in [4.69, 9.17) is 18.2 Å². The molecule has 3 heteroatoms. The highest BCUT2D eigenvalue weighted by Gasteiger charge is 2.27. The zero-order valence-corrected chi connectivity index (χ0v) is 13.6. The third-order valence-corrected chi connectivity index (χ3v) is 5.59. The van der Waals surface area contributed by atoms with Gasteiger partial charge in [0.2, 0.25) is 0 Å². The standard InChI is InChI=1S/C18H16ClNS/c1-11(2)17-14-8-7-13(20-3)9-12(14)10-21-18-15(17)5-4-6-16(18)19/h4-9,11,17H,10H2,1-2H3. The van der Waals surface area contributed by atoms with Crippen LogP contribution in [0.4, 0.5) is 5.69 Å². The quantitative estimate of drug-likeness (QED) is 0.560. The summed E-state index contributed by atoms with van der Waals surface area (Å²) in [6, 6.07) is 12.3. The third kappa shape index (κ3) is 2.57. The molecule has 0 spiro atoms. The van der Waals surface area contributed by atoms with Crippen molar-refractivity contribution in [3.05, 3.63) is 69.5 Å². The van der Waals surface area contributed by atoms with Crippen molar-refractivity contribution in [1.82, 2.24) is 0 Å². The minimum absolute atomic E-state index is 0.337. The van der Waals surface area contributed by atoms with E-state index in [1.165, 1.54) is 21.6 Å². The SMILES string of the molecule is [C-]#[N+]c1ccc2c(c1)CSc1c(Cl)cccc1C2C(C)C. The number of fused-ring (bicyclic) bond motifs is 2. The summed E-state index contributed by atoms with van der Waals surface area (Å²) >= 11 is 8.20. The van der Waals surface area contributed by atoms with Gasteiger partial charge in [-0.3, -0.25) is 0 Å². The second-order valence-corrected chi connectivity index (χ2v) is 7.06. The van der Waals surface area contributed by atoms with E-state index >= 15 is 0 Å². The lowest BCUT2D eigenvalue weighted by molar-refractivity contribution is 0.556. The van der Waals surface area contributed by atoms with Gasteiger partial charge in [-0.05, 0) is 28.7 Å². The first-order chi connectivity index (χ1) is 10.1. The van der Waals surface area contributed by atoms with Gasteiger partial charge in [-0.15, -0.1) is 11.8 Å². The molecule has 2 aromatic carbocycles. The minimum Gasteiger partial charge on any atom is -0.238 e. The second kappa shape index (κ2) is 5.75. The van der Waals surface area contributed by atoms with Crippen molar-refractivity contribution in [1.29, 1.82) is 0 Å². The van der Waals surface area contributed by atoms with Gasteiger partial charge in [-0.1, -0.05) is 55.8 Å². The normalized spacial score (nSPS) is 16.8. The summed E-state index contributed by atoms with van der Waals surface area (Å²) in [6.07, 6.45) is 0. The van der Waals surface area contributed by atoms with Crippen LogP contribution in [0.3, 0.4) is 0 Å². The predicted octanol–water partition coefficient (Wildman–Crippen LogP) is 6.28. The molecule has 1 nitrogen and oxygen atoms in total. The summed E-state index contributed by atoms with van der Waals surface area (Å²) in [5, 5.41) is 0.835. The van der Waals surface area contributed by atoms with Gasteiger partial charge in [0.15, 0.2) is 5.69 Å². The number of nitrogens with zero attached hydrogens (tertiary/aromatic N) is 1. The van der Waals surface area contributed by atoms with Crippen LogP contribution in [0.15, 0.2) is 41.3 Å². The molecule has 0 fully saturated rings. The zero-order chi connectivity index (χ0) is 15.0. The highest BCUT2D eigenvalue weighted by Crippen LogP contribution is 2.46. The van der Waals surface area contributed by atoms with Crippen LogP contribution in [0, 0.1) is 12.5 Å². The van der Waals surface area contributed by atoms with Gasteiger partial charge >= 0.3 is 0 Å². The first kappa shape index (κ1) is 14.5. The molecule has 3 rings (SSSR count). The topological polar surface area (TPSA) is 4.36 Å². The molecule has 1 unspecified atom stereocenters. The lowest BCUT2D eigenvalue weighted by Crippen LogP contribution is -2.10. The number of hydrogen-bond donors (Lipinski definition) is 0. The molecular formula is C18H16ClNS. The Morgan fingerprint density at radius 2 is 2.05 bits per heavy atom. The van der Waals surface area contributed by atoms with E-state index < -0.39 is 0 Å². The van der Waals surface area contributed by atoms with Crippen LogP contribution in [0.2, 0.25) is 5.02 Å². The molecule has 1 atom stereocenters. The Morgan fingerprint density at radius 1 is 1.24 bits per heavy atom. The summed E-state index contributed by atoms with van der Waals surface area (Å²) in [7, 11) is 0. The Balaban J connectivity index is 2.23. The van der Waals surface area contributed by atoms with E-state index in [9.17, 15) is 0 Å². The van der Waals surface area contributed by atoms with Gasteiger partial charge in [-0.2, -0.15) is 0 Å². The Morgan fingerprint density at radius 3 is 2.76 bits per heavy atom. The average Bonchev–Trinajstić information content (AvgIpc) is 2.63. The first-order valence-electron chi connectivity index (χ1n) is 7.03. The van der Waals surface area contributed by atoms with Crippen molar-refractivity contribution in [2.75, 3.05) is 0 Å². The molecule has 0 aromatic heterocycles. The van der Waals surface area contributed by atoms with Crippen molar-refractivity contribution >= 4 is 29.1 Å². The van der Waals surface area contributed by atoms with Crippen LogP contribution in [-0.2, 0) is 5.75 Å². The summed E-state index contributed by atoms with van der Waals surface area (Å²) in [4.78, 5) is 4.75. The maximum absolute atomic E-state index is 7.21. The summed E-state index contributed by atoms with van der Waals surface area (Å²) in [6.45, 7) is 11.7. The van der Waals surface area contributed by atoms with Crippen molar-refractivity contribution in [3.8, 4) is 0 Å². The predicted molar refractivity (Wildman–Crippen MR) is 90.4 cm³/mol. The molecular weight excluding hydrogens is 298 g/mol. The molecule has 0 saturated carbocycles. The highest BCUT2D eigenvalue weighted by atomic mass is 35.5. The number of benzene rings is 2. The Bertz CT molecular complexity index is 730. The summed E-state index contributed by atoms with van der Waals surface area (Å²) in [5.74, 6) is 1.69. The number of rotatable bonds is 1. The average molecular weight is 314 g/mol. The van der Waals surface area contributed by atoms with Crippen LogP contribution in [0.5, 0.6) is 0 Å². The maximum Gasteiger partial charge on any atom is 0.187 e. The van der Waals surface area contributed by atoms with Gasteiger partial charge in [-0.25, -0.2) is 4.85 Å². The van der Waals surface area contributed by atoms with Crippen molar-refractivity contribution in [2.45, 2.75) is 30.4 Å². The Kier molecular flexibility index (Phi) is 3.97. The second-order valence-electron chi connectivity index (χ2n) is 5.66. The largest absolute Gasteiger partial charge is 0.238 e. The Labute approximate surface area is 135 Å². The number of hydrogen-bond acceptors (Lipinski definition) is 1. The lowest BCUT2D eigenvalue weighted by atomic mass is 9.81. The third-order valence-electron chi connectivity index (χ3n) is 3.96. The molecule has 21 heavy (non-hydrogen) atoms. The Hall–Kier alpha value is -1.43. The van der Waals surface area contributed by atoms with Crippen LogP contribution in [0.25, 0.3) is 4.85 Å². The van der Waals surface area contributed by atoms with E-state index in [0.717, 1.165) is 10.8 Å². The van der Waals surface area contributed by atoms with Crippen molar-refractivity contribution < 1.29 is 0 Å². The van der Waals surface area contributed by atoms with Crippen LogP contribution in [-0.4, -0.2) is 0 Å². The van der Waals surface area contributed by atoms with E-state index in [-0.39, 0.29) is 0 Å². The molecule has 0 bridgehead atoms. The van der Waals surface area contributed by atoms with Crippen molar-refractivity contribution in [3.63, 3.8) is 0 Å². The summed E-state index contributed by atoms with van der Waals surface area (Å²) < 4.78 is 0. The molecule has 0 aliphatic carbocycles. The van der Waals surface area contributed by atoms with E-state index in [2.05, 4.69) is 30.8 Å². The maximum atomic E-state index is 7.21. The molecule has 0 radical (unpaired) electrons. The van der Waals surface area contributed by atoms with Gasteiger partial charge in [0.1, 0.15) is 0 Å². The lowest BCUT2D eigenvalue weighted by Gasteiger charge is -2.24. The summed E-state index contributed by atoms with van der Waals surface area (Å²) in [5.41, 5.74) is 4.64. The molecule has 2 aromatic rings. The van der Waals surface area contributed by atoms with Gasteiger partial charge in [0, 0.05) is 16.6 Å². The van der Waals surface area contributed by atoms with E-state index in [1.54, 1.807) is 11.8 Å². The molecule has 1 aliphatic heterocycles. The molecule has 1 heterocycles. The fraction of sp³-hybridized carbons (Fsp3) is 0.278.